The van der Waals surface area contributed by atoms with E-state index in [1.165, 1.54) is 116 Å². The first-order valence-electron chi connectivity index (χ1n) is 16.8. The van der Waals surface area contributed by atoms with E-state index in [0.717, 1.165) is 19.3 Å². The molecule has 246 valence electrons. The average Bonchev–Trinajstić information content (AvgIpc) is 2.90. The highest BCUT2D eigenvalue weighted by Gasteiger charge is 2.16. The molecule has 0 fully saturated rings. The standard InChI is InChI=1S/C32H66NO7P/c1-5-6-7-8-9-10-11-12-13-14-15-16-17-18-19-20-21-22-23-24-25-26-32(35)38-29-31(34)30-40-41(36,37)39-28-27-33(2,3)4/h31,34H,5-30H2,1-4H3/t31-/m1/s1. The molecule has 0 aromatic rings. The molecule has 8 nitrogen and oxygen atoms in total. The molecule has 0 heterocycles. The molecular weight excluding hydrogens is 541 g/mol. The molecule has 0 radical (unpaired) electrons. The Kier molecular flexibility index (Phi) is 26.7. The number of likely N-dealkylation sites (N-methyl/N-ethyl adjacent to an activating group) is 1. The predicted molar refractivity (Wildman–Crippen MR) is 167 cm³/mol. The van der Waals surface area contributed by atoms with Crippen molar-refractivity contribution in [2.24, 2.45) is 0 Å². The van der Waals surface area contributed by atoms with Gasteiger partial charge in [0.05, 0.1) is 27.7 Å². The van der Waals surface area contributed by atoms with E-state index in [0.29, 0.717) is 17.4 Å². The van der Waals surface area contributed by atoms with Crippen LogP contribution in [0, 0.1) is 0 Å². The molecular formula is C32H66NO7P. The van der Waals surface area contributed by atoms with Gasteiger partial charge < -0.3 is 28.3 Å². The smallest absolute Gasteiger partial charge is 0.305 e. The molecule has 1 N–H and O–H groups in total. The van der Waals surface area contributed by atoms with Gasteiger partial charge in [-0.2, -0.15) is 0 Å². The van der Waals surface area contributed by atoms with Crippen molar-refractivity contribution in [2.45, 2.75) is 154 Å². The fraction of sp³-hybridized carbons (Fsp3) is 0.969. The van der Waals surface area contributed by atoms with Crippen LogP contribution in [-0.2, 0) is 23.1 Å². The maximum atomic E-state index is 11.9. The van der Waals surface area contributed by atoms with Gasteiger partial charge in [0.15, 0.2) is 0 Å². The lowest BCUT2D eigenvalue weighted by molar-refractivity contribution is -0.870. The van der Waals surface area contributed by atoms with Crippen molar-refractivity contribution in [3.8, 4) is 0 Å². The number of ether oxygens (including phenoxy) is 1. The van der Waals surface area contributed by atoms with E-state index in [4.69, 9.17) is 9.26 Å². The lowest BCUT2D eigenvalue weighted by atomic mass is 10.0. The maximum Gasteiger partial charge on any atom is 0.305 e. The molecule has 0 aromatic carbocycles. The summed E-state index contributed by atoms with van der Waals surface area (Å²) in [5.74, 6) is -0.383. The lowest BCUT2D eigenvalue weighted by Crippen LogP contribution is -2.37. The zero-order chi connectivity index (χ0) is 30.7. The number of rotatable bonds is 31. The first-order valence-corrected chi connectivity index (χ1v) is 18.3. The largest absolute Gasteiger partial charge is 0.756 e. The number of hydrogen-bond acceptors (Lipinski definition) is 7. The minimum atomic E-state index is -4.49. The summed E-state index contributed by atoms with van der Waals surface area (Å²) < 4.78 is 26.8. The Morgan fingerprint density at radius 1 is 0.683 bits per heavy atom. The second kappa shape index (κ2) is 27.1. The summed E-state index contributed by atoms with van der Waals surface area (Å²) in [5.41, 5.74) is 0. The maximum absolute atomic E-state index is 11.9. The summed E-state index contributed by atoms with van der Waals surface area (Å²) in [6.45, 7) is 1.97. The van der Waals surface area contributed by atoms with Crippen LogP contribution in [-0.4, -0.2) is 69.2 Å². The van der Waals surface area contributed by atoms with Crippen LogP contribution < -0.4 is 4.89 Å². The SMILES string of the molecule is CCCCCCCCCCCCCCCCCCCCCCCC(=O)OC[C@@H](O)COP(=O)([O-])OCC[N+](C)(C)C. The Morgan fingerprint density at radius 2 is 1.07 bits per heavy atom. The van der Waals surface area contributed by atoms with Crippen molar-refractivity contribution >= 4 is 13.8 Å². The second-order valence-electron chi connectivity index (χ2n) is 12.7. The van der Waals surface area contributed by atoms with Gasteiger partial charge in [-0.05, 0) is 6.42 Å². The summed E-state index contributed by atoms with van der Waals surface area (Å²) in [4.78, 5) is 23.6. The third-order valence-electron chi connectivity index (χ3n) is 7.36. The fourth-order valence-corrected chi connectivity index (χ4v) is 5.39. The third-order valence-corrected chi connectivity index (χ3v) is 8.32. The van der Waals surface area contributed by atoms with Gasteiger partial charge in [0, 0.05) is 6.42 Å². The number of nitrogens with zero attached hydrogens (tertiary/aromatic N) is 1. The first kappa shape index (κ1) is 40.5. The molecule has 2 atom stereocenters. The van der Waals surface area contributed by atoms with Gasteiger partial charge in [-0.15, -0.1) is 0 Å². The van der Waals surface area contributed by atoms with E-state index < -0.39 is 20.5 Å². The molecule has 0 spiro atoms. The molecule has 0 bridgehead atoms. The van der Waals surface area contributed by atoms with Gasteiger partial charge in [-0.25, -0.2) is 0 Å². The zero-order valence-electron chi connectivity index (χ0n) is 27.3. The van der Waals surface area contributed by atoms with E-state index in [1.54, 1.807) is 0 Å². The number of aliphatic hydroxyl groups excluding tert-OH is 1. The van der Waals surface area contributed by atoms with Gasteiger partial charge in [-0.3, -0.25) is 9.36 Å². The van der Waals surface area contributed by atoms with Gasteiger partial charge in [0.25, 0.3) is 7.82 Å². The number of aliphatic hydroxyl groups is 1. The normalized spacial score (nSPS) is 14.2. The van der Waals surface area contributed by atoms with Gasteiger partial charge >= 0.3 is 5.97 Å². The lowest BCUT2D eigenvalue weighted by Gasteiger charge is -2.27. The summed E-state index contributed by atoms with van der Waals surface area (Å²) in [6.07, 6.45) is 26.8. The molecule has 1 unspecified atom stereocenters. The van der Waals surface area contributed by atoms with Gasteiger partial charge in [0.2, 0.25) is 0 Å². The number of hydrogen-bond donors (Lipinski definition) is 1. The van der Waals surface area contributed by atoms with Crippen molar-refractivity contribution in [3.63, 3.8) is 0 Å². The Morgan fingerprint density at radius 3 is 1.46 bits per heavy atom. The Balaban J connectivity index is 3.41. The number of phosphoric ester groups is 1. The number of phosphoric acid groups is 1. The second-order valence-corrected chi connectivity index (χ2v) is 14.2. The molecule has 0 amide bonds. The molecule has 41 heavy (non-hydrogen) atoms. The van der Waals surface area contributed by atoms with Crippen molar-refractivity contribution < 1.29 is 37.6 Å². The van der Waals surface area contributed by atoms with Crippen LogP contribution >= 0.6 is 7.82 Å². The summed E-state index contributed by atoms with van der Waals surface area (Å²) in [6, 6.07) is 0. The summed E-state index contributed by atoms with van der Waals surface area (Å²) in [7, 11) is 1.26. The molecule has 0 aliphatic carbocycles. The van der Waals surface area contributed by atoms with E-state index in [-0.39, 0.29) is 19.2 Å². The topological polar surface area (TPSA) is 105 Å². The van der Waals surface area contributed by atoms with Crippen LogP contribution in [0.4, 0.5) is 0 Å². The van der Waals surface area contributed by atoms with Crippen molar-refractivity contribution in [2.75, 3.05) is 47.5 Å². The summed E-state index contributed by atoms with van der Waals surface area (Å²) in [5, 5.41) is 9.84. The molecule has 0 aromatic heterocycles. The number of esters is 1. The molecule has 0 aliphatic rings. The molecule has 0 aliphatic heterocycles. The quantitative estimate of drug-likeness (QED) is 0.0373. The Hall–Kier alpha value is -0.500. The first-order chi connectivity index (χ1) is 19.6. The van der Waals surface area contributed by atoms with E-state index in [2.05, 4.69) is 11.4 Å². The Labute approximate surface area is 253 Å². The van der Waals surface area contributed by atoms with Crippen LogP contribution in [0.5, 0.6) is 0 Å². The molecule has 0 saturated heterocycles. The van der Waals surface area contributed by atoms with Gasteiger partial charge in [-0.1, -0.05) is 135 Å². The van der Waals surface area contributed by atoms with Crippen LogP contribution in [0.3, 0.4) is 0 Å². The third kappa shape index (κ3) is 32.3. The number of unbranched alkanes of at least 4 members (excludes halogenated alkanes) is 20. The predicted octanol–water partition coefficient (Wildman–Crippen LogP) is 7.70. The van der Waals surface area contributed by atoms with Crippen molar-refractivity contribution in [3.05, 3.63) is 0 Å². The highest BCUT2D eigenvalue weighted by molar-refractivity contribution is 7.45. The molecule has 0 saturated carbocycles. The summed E-state index contributed by atoms with van der Waals surface area (Å²) >= 11 is 0. The van der Waals surface area contributed by atoms with Crippen molar-refractivity contribution in [1.29, 1.82) is 0 Å². The monoisotopic (exact) mass is 607 g/mol. The highest BCUT2D eigenvalue weighted by Crippen LogP contribution is 2.38. The van der Waals surface area contributed by atoms with Gasteiger partial charge in [0.1, 0.15) is 25.9 Å². The fourth-order valence-electron chi connectivity index (χ4n) is 4.65. The van der Waals surface area contributed by atoms with Crippen LogP contribution in [0.25, 0.3) is 0 Å². The number of carbonyl (C=O) groups is 1. The molecule has 9 heteroatoms. The zero-order valence-corrected chi connectivity index (χ0v) is 28.1. The number of carbonyl (C=O) groups excluding carboxylic acids is 1. The average molecular weight is 608 g/mol. The van der Waals surface area contributed by atoms with Crippen LogP contribution in [0.15, 0.2) is 0 Å². The van der Waals surface area contributed by atoms with Crippen LogP contribution in [0.2, 0.25) is 0 Å². The van der Waals surface area contributed by atoms with E-state index >= 15 is 0 Å². The minimum Gasteiger partial charge on any atom is -0.756 e. The van der Waals surface area contributed by atoms with E-state index in [9.17, 15) is 19.4 Å². The highest BCUT2D eigenvalue weighted by atomic mass is 31.2. The van der Waals surface area contributed by atoms with Crippen molar-refractivity contribution in [1.82, 2.24) is 0 Å². The van der Waals surface area contributed by atoms with E-state index in [1.807, 2.05) is 21.1 Å². The minimum absolute atomic E-state index is 0.00509. The molecule has 0 rings (SSSR count). The van der Waals surface area contributed by atoms with Crippen LogP contribution in [0.1, 0.15) is 148 Å². The number of quaternary nitrogens is 1. The Bertz CT molecular complexity index is 642.